The summed E-state index contributed by atoms with van der Waals surface area (Å²) in [5.74, 6) is -1.83. The first-order valence-corrected chi connectivity index (χ1v) is 11.5. The minimum atomic E-state index is -1.08. The van der Waals surface area contributed by atoms with Crippen LogP contribution in [0.5, 0.6) is 0 Å². The number of esters is 1. The number of H-pyrrole nitrogens is 1. The van der Waals surface area contributed by atoms with Gasteiger partial charge in [-0.1, -0.05) is 32.0 Å². The summed E-state index contributed by atoms with van der Waals surface area (Å²) in [5.41, 5.74) is 1.76. The molecule has 2 rings (SSSR count). The predicted octanol–water partition coefficient (Wildman–Crippen LogP) is 2.68. The summed E-state index contributed by atoms with van der Waals surface area (Å²) < 4.78 is 5.24. The molecule has 0 saturated carbocycles. The second kappa shape index (κ2) is 12.7. The van der Waals surface area contributed by atoms with Crippen molar-refractivity contribution in [1.29, 1.82) is 5.41 Å². The van der Waals surface area contributed by atoms with Gasteiger partial charge in [-0.2, -0.15) is 0 Å². The molecule has 1 aromatic carbocycles. The van der Waals surface area contributed by atoms with Crippen LogP contribution in [-0.2, 0) is 30.3 Å². The van der Waals surface area contributed by atoms with Crippen molar-refractivity contribution in [3.05, 3.63) is 36.0 Å². The number of rotatable bonds is 13. The van der Waals surface area contributed by atoms with E-state index in [9.17, 15) is 19.2 Å². The molecule has 0 saturated heterocycles. The molecular formula is C25H34N4O5. The van der Waals surface area contributed by atoms with Crippen LogP contribution in [-0.4, -0.2) is 53.0 Å². The minimum Gasteiger partial charge on any atom is -0.461 e. The van der Waals surface area contributed by atoms with Crippen molar-refractivity contribution in [2.24, 2.45) is 5.92 Å². The van der Waals surface area contributed by atoms with Gasteiger partial charge < -0.3 is 25.8 Å². The van der Waals surface area contributed by atoms with Crippen molar-refractivity contribution in [2.75, 3.05) is 0 Å². The number of aromatic nitrogens is 1. The monoisotopic (exact) mass is 470 g/mol. The van der Waals surface area contributed by atoms with Crippen molar-refractivity contribution in [3.8, 4) is 0 Å². The number of aromatic amines is 1. The van der Waals surface area contributed by atoms with Crippen LogP contribution in [0.3, 0.4) is 0 Å². The van der Waals surface area contributed by atoms with E-state index in [1.54, 1.807) is 20.0 Å². The molecule has 2 amide bonds. The maximum absolute atomic E-state index is 13.3. The van der Waals surface area contributed by atoms with Crippen molar-refractivity contribution >= 4 is 40.7 Å². The van der Waals surface area contributed by atoms with Gasteiger partial charge in [0.05, 0.1) is 12.3 Å². The van der Waals surface area contributed by atoms with Crippen molar-refractivity contribution in [2.45, 2.75) is 71.6 Å². The molecule has 9 nitrogen and oxygen atoms in total. The van der Waals surface area contributed by atoms with Gasteiger partial charge >= 0.3 is 5.97 Å². The Morgan fingerprint density at radius 1 is 1.06 bits per heavy atom. The molecule has 2 atom stereocenters. The lowest BCUT2D eigenvalue weighted by Crippen LogP contribution is -2.53. The van der Waals surface area contributed by atoms with E-state index in [2.05, 4.69) is 15.6 Å². The predicted molar refractivity (Wildman–Crippen MR) is 130 cm³/mol. The highest BCUT2D eigenvalue weighted by atomic mass is 16.5. The van der Waals surface area contributed by atoms with E-state index in [0.29, 0.717) is 6.21 Å². The second-order valence-corrected chi connectivity index (χ2v) is 8.98. The first kappa shape index (κ1) is 26.8. The number of para-hydroxylation sites is 1. The van der Waals surface area contributed by atoms with Gasteiger partial charge in [0.15, 0.2) is 5.78 Å². The van der Waals surface area contributed by atoms with Crippen LogP contribution in [0.15, 0.2) is 30.5 Å². The lowest BCUT2D eigenvalue weighted by atomic mass is 10.0. The largest absolute Gasteiger partial charge is 0.461 e. The summed E-state index contributed by atoms with van der Waals surface area (Å²) in [4.78, 5) is 53.1. The quantitative estimate of drug-likeness (QED) is 0.263. The van der Waals surface area contributed by atoms with Gasteiger partial charge in [-0.05, 0) is 37.8 Å². The highest BCUT2D eigenvalue weighted by Gasteiger charge is 2.29. The Morgan fingerprint density at radius 2 is 1.76 bits per heavy atom. The highest BCUT2D eigenvalue weighted by molar-refractivity contribution is 6.26. The van der Waals surface area contributed by atoms with Gasteiger partial charge in [0.25, 0.3) is 0 Å². The Morgan fingerprint density at radius 3 is 2.41 bits per heavy atom. The Kier molecular flexibility index (Phi) is 9.97. The van der Waals surface area contributed by atoms with E-state index in [0.717, 1.165) is 16.5 Å². The summed E-state index contributed by atoms with van der Waals surface area (Å²) in [6.07, 6.45) is 2.44. The Labute approximate surface area is 199 Å². The Balaban J connectivity index is 2.25. The van der Waals surface area contributed by atoms with E-state index in [4.69, 9.17) is 10.1 Å². The Hall–Kier alpha value is -3.49. The number of hydrogen-bond donors (Lipinski definition) is 4. The van der Waals surface area contributed by atoms with E-state index < -0.39 is 35.8 Å². The average molecular weight is 471 g/mol. The van der Waals surface area contributed by atoms with Crippen LogP contribution in [0.4, 0.5) is 0 Å². The normalized spacial score (nSPS) is 12.9. The fraction of sp³-hybridized carbons (Fsp3) is 0.480. The molecule has 0 spiro atoms. The second-order valence-electron chi connectivity index (χ2n) is 8.98. The molecule has 0 unspecified atom stereocenters. The lowest BCUT2D eigenvalue weighted by molar-refractivity contribution is -0.151. The van der Waals surface area contributed by atoms with E-state index in [1.807, 2.05) is 38.1 Å². The molecule has 0 bridgehead atoms. The molecule has 1 heterocycles. The zero-order chi connectivity index (χ0) is 25.3. The fourth-order valence-electron chi connectivity index (χ4n) is 3.55. The highest BCUT2D eigenvalue weighted by Crippen LogP contribution is 2.19. The van der Waals surface area contributed by atoms with Crippen LogP contribution in [0.2, 0.25) is 0 Å². The van der Waals surface area contributed by atoms with Crippen LogP contribution >= 0.6 is 0 Å². The molecule has 0 aliphatic carbocycles. The molecular weight excluding hydrogens is 436 g/mol. The van der Waals surface area contributed by atoms with Gasteiger partial charge in [-0.25, -0.2) is 4.79 Å². The van der Waals surface area contributed by atoms with Gasteiger partial charge in [-0.15, -0.1) is 0 Å². The van der Waals surface area contributed by atoms with Gasteiger partial charge in [-0.3, -0.25) is 14.4 Å². The number of hydrogen-bond acceptors (Lipinski definition) is 6. The van der Waals surface area contributed by atoms with Crippen molar-refractivity contribution in [3.63, 3.8) is 0 Å². The zero-order valence-corrected chi connectivity index (χ0v) is 20.1. The third-order valence-corrected chi connectivity index (χ3v) is 5.14. The molecule has 0 aliphatic heterocycles. The fourth-order valence-corrected chi connectivity index (χ4v) is 3.55. The number of ketones is 1. The molecule has 184 valence electrons. The summed E-state index contributed by atoms with van der Waals surface area (Å²) in [6.45, 7) is 7.19. The number of amides is 2. The van der Waals surface area contributed by atoms with Crippen molar-refractivity contribution < 1.29 is 23.9 Å². The summed E-state index contributed by atoms with van der Waals surface area (Å²) in [6, 6.07) is 5.63. The number of benzene rings is 1. The van der Waals surface area contributed by atoms with E-state index in [1.165, 1.54) is 0 Å². The Bertz CT molecular complexity index is 1030. The molecule has 1 aromatic heterocycles. The maximum atomic E-state index is 13.3. The summed E-state index contributed by atoms with van der Waals surface area (Å²) in [7, 11) is 0. The summed E-state index contributed by atoms with van der Waals surface area (Å²) in [5, 5.41) is 13.4. The van der Waals surface area contributed by atoms with Crippen LogP contribution in [0.25, 0.3) is 10.9 Å². The molecule has 0 aliphatic rings. The molecule has 4 N–H and O–H groups in total. The third kappa shape index (κ3) is 8.13. The number of Topliss-reactive ketones (excluding diaryl/α,β-unsaturated/α-hetero) is 1. The summed E-state index contributed by atoms with van der Waals surface area (Å²) >= 11 is 0. The van der Waals surface area contributed by atoms with Gasteiger partial charge in [0, 0.05) is 36.4 Å². The van der Waals surface area contributed by atoms with Crippen LogP contribution in [0.1, 0.15) is 52.5 Å². The zero-order valence-electron chi connectivity index (χ0n) is 20.1. The number of carbonyl (C=O) groups excluding carboxylic acids is 4. The lowest BCUT2D eigenvalue weighted by Gasteiger charge is -2.23. The molecule has 0 fully saturated rings. The van der Waals surface area contributed by atoms with Crippen molar-refractivity contribution in [1.82, 2.24) is 15.6 Å². The topological polar surface area (TPSA) is 141 Å². The standard InChI is InChI=1S/C25H34N4O5/c1-15(2)11-23(31)28-22(12-17-14-27-20-8-6-5-7-19(17)20)24(32)29-21(10-9-18(30)13-26)25(33)34-16(3)4/h5-8,13-16,21-22,26-27H,9-12H2,1-4H3,(H,28,31)(H,29,32)/t21-,22-/m0/s1. The molecule has 34 heavy (non-hydrogen) atoms. The van der Waals surface area contributed by atoms with Gasteiger partial charge in [0.2, 0.25) is 11.8 Å². The SMILES string of the molecule is CC(C)CC(=O)N[C@@H](Cc1c[nH]c2ccccc12)C(=O)N[C@@H](CCC(=O)C=N)C(=O)OC(C)C. The molecule has 9 heteroatoms. The smallest absolute Gasteiger partial charge is 0.328 e. The first-order valence-electron chi connectivity index (χ1n) is 11.5. The van der Waals surface area contributed by atoms with Crippen LogP contribution < -0.4 is 10.6 Å². The number of fused-ring (bicyclic) bond motifs is 1. The van der Waals surface area contributed by atoms with Gasteiger partial charge in [0.1, 0.15) is 12.1 Å². The minimum absolute atomic E-state index is 0.00868. The average Bonchev–Trinajstić information content (AvgIpc) is 3.17. The maximum Gasteiger partial charge on any atom is 0.328 e. The van der Waals surface area contributed by atoms with E-state index >= 15 is 0 Å². The molecule has 2 aromatic rings. The number of ether oxygens (including phenoxy) is 1. The number of nitrogens with one attached hydrogen (secondary N) is 4. The molecule has 0 radical (unpaired) electrons. The first-order chi connectivity index (χ1) is 16.1. The number of carbonyl (C=O) groups is 4. The van der Waals surface area contributed by atoms with Crippen LogP contribution in [0, 0.1) is 11.3 Å². The van der Waals surface area contributed by atoms with E-state index in [-0.39, 0.29) is 37.5 Å². The third-order valence-electron chi connectivity index (χ3n) is 5.14.